The third-order valence-corrected chi connectivity index (χ3v) is 7.41. The Bertz CT molecular complexity index is 469. The van der Waals surface area contributed by atoms with Crippen molar-refractivity contribution in [3.05, 3.63) is 38.4 Å². The van der Waals surface area contributed by atoms with Gasteiger partial charge in [0.1, 0.15) is 0 Å². The smallest absolute Gasteiger partial charge is 0.0750 e. The number of hydrogen-bond acceptors (Lipinski definition) is 2. The van der Waals surface area contributed by atoms with Crippen LogP contribution in [0.25, 0.3) is 0 Å². The molecule has 0 amide bonds. The van der Waals surface area contributed by atoms with E-state index in [2.05, 4.69) is 98.7 Å². The van der Waals surface area contributed by atoms with Crippen LogP contribution in [0.4, 0.5) is 0 Å². The highest BCUT2D eigenvalue weighted by Crippen LogP contribution is 2.33. The van der Waals surface area contributed by atoms with Crippen LogP contribution in [0, 0.1) is 6.92 Å². The molecular formula is C10H7Br5S2. The SMILES string of the molecule is BrCc1cc(Br)sc1Br.Cc1cc(Br)sc1Br. The molecule has 0 bridgehead atoms. The molecule has 0 N–H and O–H groups in total. The van der Waals surface area contributed by atoms with Gasteiger partial charge in [0.05, 0.1) is 15.1 Å². The van der Waals surface area contributed by atoms with Gasteiger partial charge in [-0.05, 0) is 93.9 Å². The first-order valence-corrected chi connectivity index (χ1v) is 10.3. The molecule has 2 aromatic heterocycles. The predicted molar refractivity (Wildman–Crippen MR) is 96.8 cm³/mol. The summed E-state index contributed by atoms with van der Waals surface area (Å²) in [4.78, 5) is 0. The maximum absolute atomic E-state index is 3.44. The Hall–Kier alpha value is 1.80. The van der Waals surface area contributed by atoms with Gasteiger partial charge in [0.25, 0.3) is 0 Å². The molecule has 0 aliphatic rings. The van der Waals surface area contributed by atoms with Crippen LogP contribution in [0.15, 0.2) is 27.3 Å². The summed E-state index contributed by atoms with van der Waals surface area (Å²) in [6, 6.07) is 4.19. The lowest BCUT2D eigenvalue weighted by atomic mass is 10.4. The summed E-state index contributed by atoms with van der Waals surface area (Å²) >= 11 is 20.4. The highest BCUT2D eigenvalue weighted by Gasteiger charge is 2.01. The first-order valence-electron chi connectivity index (χ1n) is 4.35. The van der Waals surface area contributed by atoms with Gasteiger partial charge >= 0.3 is 0 Å². The molecule has 0 spiro atoms. The van der Waals surface area contributed by atoms with Crippen molar-refractivity contribution in [2.24, 2.45) is 0 Å². The zero-order chi connectivity index (χ0) is 13.0. The summed E-state index contributed by atoms with van der Waals surface area (Å²) in [6.45, 7) is 2.07. The van der Waals surface area contributed by atoms with Crippen molar-refractivity contribution in [1.29, 1.82) is 0 Å². The van der Waals surface area contributed by atoms with E-state index in [0.29, 0.717) is 0 Å². The Kier molecular flexibility index (Phi) is 8.10. The first kappa shape index (κ1) is 16.9. The molecule has 2 aromatic rings. The summed E-state index contributed by atoms with van der Waals surface area (Å²) < 4.78 is 4.77. The van der Waals surface area contributed by atoms with Crippen molar-refractivity contribution in [3.63, 3.8) is 0 Å². The molecule has 17 heavy (non-hydrogen) atoms. The molecule has 0 saturated heterocycles. The number of rotatable bonds is 1. The number of hydrogen-bond donors (Lipinski definition) is 0. The Morgan fingerprint density at radius 2 is 1.47 bits per heavy atom. The molecule has 0 saturated carbocycles. The Morgan fingerprint density at radius 3 is 1.65 bits per heavy atom. The molecule has 0 unspecified atom stereocenters. The largest absolute Gasteiger partial charge is 0.121 e. The highest BCUT2D eigenvalue weighted by atomic mass is 79.9. The predicted octanol–water partition coefficient (Wildman–Crippen LogP) is 7.75. The molecule has 7 heteroatoms. The minimum Gasteiger partial charge on any atom is -0.121 e. The standard InChI is InChI=1S/C5H3Br3S.C5H4Br2S/c6-2-3-1-4(7)9-5(3)8;1-3-2-4(6)8-5(3)7/h1H,2H2;2H,1H3. The van der Waals surface area contributed by atoms with Crippen LogP contribution in [0.5, 0.6) is 0 Å². The fraction of sp³-hybridized carbons (Fsp3) is 0.200. The van der Waals surface area contributed by atoms with Crippen LogP contribution < -0.4 is 0 Å². The molecule has 94 valence electrons. The Labute approximate surface area is 151 Å². The molecule has 0 aliphatic carbocycles. The lowest BCUT2D eigenvalue weighted by Crippen LogP contribution is -1.66. The van der Waals surface area contributed by atoms with Gasteiger partial charge in [-0.3, -0.25) is 0 Å². The molecule has 2 rings (SSSR count). The topological polar surface area (TPSA) is 0 Å². The van der Waals surface area contributed by atoms with Gasteiger partial charge in [0.15, 0.2) is 0 Å². The van der Waals surface area contributed by atoms with Gasteiger partial charge in [-0.15, -0.1) is 22.7 Å². The van der Waals surface area contributed by atoms with Gasteiger partial charge in [-0.2, -0.15) is 0 Å². The molecule has 0 aromatic carbocycles. The van der Waals surface area contributed by atoms with Crippen LogP contribution in [0.1, 0.15) is 11.1 Å². The first-order chi connectivity index (χ1) is 7.93. The van der Waals surface area contributed by atoms with Crippen molar-refractivity contribution in [3.8, 4) is 0 Å². The second-order valence-electron chi connectivity index (χ2n) is 2.99. The van der Waals surface area contributed by atoms with Gasteiger partial charge in [0, 0.05) is 5.33 Å². The summed E-state index contributed by atoms with van der Waals surface area (Å²) in [5.74, 6) is 0. The van der Waals surface area contributed by atoms with Crippen molar-refractivity contribution in [2.75, 3.05) is 0 Å². The summed E-state index contributed by atoms with van der Waals surface area (Å²) in [6.07, 6.45) is 0. The molecule has 0 nitrogen and oxygen atoms in total. The van der Waals surface area contributed by atoms with Crippen LogP contribution >= 0.6 is 102 Å². The van der Waals surface area contributed by atoms with E-state index in [1.165, 1.54) is 26.3 Å². The molecular weight excluding hydrogens is 584 g/mol. The highest BCUT2D eigenvalue weighted by molar-refractivity contribution is 9.12. The quantitative estimate of drug-likeness (QED) is 0.298. The van der Waals surface area contributed by atoms with Gasteiger partial charge in [0.2, 0.25) is 0 Å². The lowest BCUT2D eigenvalue weighted by molar-refractivity contribution is 1.48. The Morgan fingerprint density at radius 1 is 0.941 bits per heavy atom. The summed E-state index contributed by atoms with van der Waals surface area (Å²) in [5, 5.41) is 0.912. The third kappa shape index (κ3) is 5.75. The average molecular weight is 591 g/mol. The second-order valence-corrected chi connectivity index (χ2v) is 11.0. The summed E-state index contributed by atoms with van der Waals surface area (Å²) in [5.41, 5.74) is 2.59. The number of halogens is 5. The average Bonchev–Trinajstić information content (AvgIpc) is 2.70. The molecule has 0 atom stereocenters. The van der Waals surface area contributed by atoms with E-state index < -0.39 is 0 Å². The van der Waals surface area contributed by atoms with Crippen molar-refractivity contribution in [1.82, 2.24) is 0 Å². The monoisotopic (exact) mass is 586 g/mol. The lowest BCUT2D eigenvalue weighted by Gasteiger charge is -1.84. The van der Waals surface area contributed by atoms with Crippen molar-refractivity contribution in [2.45, 2.75) is 12.3 Å². The van der Waals surface area contributed by atoms with Crippen LogP contribution in [-0.2, 0) is 5.33 Å². The zero-order valence-electron chi connectivity index (χ0n) is 8.57. The van der Waals surface area contributed by atoms with E-state index in [-0.39, 0.29) is 0 Å². The second kappa shape index (κ2) is 8.17. The van der Waals surface area contributed by atoms with Gasteiger partial charge in [-0.25, -0.2) is 0 Å². The van der Waals surface area contributed by atoms with Crippen LogP contribution in [0.2, 0.25) is 0 Å². The Balaban J connectivity index is 0.000000171. The fourth-order valence-electron chi connectivity index (χ4n) is 0.888. The summed E-state index contributed by atoms with van der Waals surface area (Å²) in [7, 11) is 0. The fourth-order valence-corrected chi connectivity index (χ4v) is 7.46. The van der Waals surface area contributed by atoms with E-state index >= 15 is 0 Å². The number of aryl methyl sites for hydroxylation is 1. The van der Waals surface area contributed by atoms with E-state index in [4.69, 9.17) is 0 Å². The van der Waals surface area contributed by atoms with Gasteiger partial charge < -0.3 is 0 Å². The maximum Gasteiger partial charge on any atom is 0.0750 e. The van der Waals surface area contributed by atoms with E-state index in [9.17, 15) is 0 Å². The number of thiophene rings is 2. The minimum atomic E-state index is 0.912. The minimum absolute atomic E-state index is 0.912. The van der Waals surface area contributed by atoms with E-state index in [1.807, 2.05) is 0 Å². The zero-order valence-corrected chi connectivity index (χ0v) is 18.1. The van der Waals surface area contributed by atoms with E-state index in [1.54, 1.807) is 22.7 Å². The van der Waals surface area contributed by atoms with Gasteiger partial charge in [-0.1, -0.05) is 15.9 Å². The molecule has 0 fully saturated rings. The maximum atomic E-state index is 3.44. The normalized spacial score (nSPS) is 10.0. The van der Waals surface area contributed by atoms with Crippen LogP contribution in [0.3, 0.4) is 0 Å². The molecule has 0 radical (unpaired) electrons. The number of alkyl halides is 1. The van der Waals surface area contributed by atoms with E-state index in [0.717, 1.165) is 5.33 Å². The van der Waals surface area contributed by atoms with Crippen LogP contribution in [-0.4, -0.2) is 0 Å². The van der Waals surface area contributed by atoms with Crippen molar-refractivity contribution >= 4 is 102 Å². The molecule has 2 heterocycles. The molecule has 0 aliphatic heterocycles. The van der Waals surface area contributed by atoms with Crippen molar-refractivity contribution < 1.29 is 0 Å². The third-order valence-electron chi connectivity index (χ3n) is 1.70.